The van der Waals surface area contributed by atoms with Crippen molar-refractivity contribution in [1.29, 1.82) is 0 Å². The first-order valence-electron chi connectivity index (χ1n) is 8.34. The summed E-state index contributed by atoms with van der Waals surface area (Å²) < 4.78 is 16.2. The number of likely N-dealkylation sites (tertiary alicyclic amines) is 1. The normalized spacial score (nSPS) is 17.7. The molecule has 0 radical (unpaired) electrons. The second kappa shape index (κ2) is 7.58. The van der Waals surface area contributed by atoms with Gasteiger partial charge >= 0.3 is 0 Å². The third kappa shape index (κ3) is 3.49. The van der Waals surface area contributed by atoms with Gasteiger partial charge in [0.15, 0.2) is 0 Å². The van der Waals surface area contributed by atoms with E-state index in [2.05, 4.69) is 23.1 Å². The van der Waals surface area contributed by atoms with Crippen LogP contribution in [0.15, 0.2) is 42.5 Å². The Hall–Kier alpha value is -2.20. The van der Waals surface area contributed by atoms with Crippen LogP contribution in [0.5, 0.6) is 17.2 Å². The predicted octanol–water partition coefficient (Wildman–Crippen LogP) is 4.05. The predicted molar refractivity (Wildman–Crippen MR) is 94.9 cm³/mol. The summed E-state index contributed by atoms with van der Waals surface area (Å²) >= 11 is 0. The zero-order chi connectivity index (χ0) is 16.9. The fraction of sp³-hybridized carbons (Fsp3) is 0.400. The minimum absolute atomic E-state index is 0.382. The highest BCUT2D eigenvalue weighted by Gasteiger charge is 2.28. The second-order valence-electron chi connectivity index (χ2n) is 6.08. The Morgan fingerprint density at radius 1 is 0.917 bits per heavy atom. The summed E-state index contributed by atoms with van der Waals surface area (Å²) in [7, 11) is 5.10. The topological polar surface area (TPSA) is 30.9 Å². The molecule has 1 unspecified atom stereocenters. The maximum Gasteiger partial charge on any atom is 0.127 e. The van der Waals surface area contributed by atoms with Gasteiger partial charge in [-0.25, -0.2) is 0 Å². The van der Waals surface area contributed by atoms with Crippen LogP contribution in [0.25, 0.3) is 0 Å². The van der Waals surface area contributed by atoms with E-state index in [9.17, 15) is 0 Å². The molecule has 0 bridgehead atoms. The molecule has 1 saturated heterocycles. The van der Waals surface area contributed by atoms with Crippen molar-refractivity contribution in [1.82, 2.24) is 4.90 Å². The lowest BCUT2D eigenvalue weighted by molar-refractivity contribution is 0.242. The van der Waals surface area contributed by atoms with Gasteiger partial charge in [0.05, 0.1) is 21.3 Å². The molecule has 1 atom stereocenters. The zero-order valence-electron chi connectivity index (χ0n) is 14.6. The molecule has 0 saturated carbocycles. The van der Waals surface area contributed by atoms with Crippen molar-refractivity contribution in [2.24, 2.45) is 0 Å². The lowest BCUT2D eigenvalue weighted by Gasteiger charge is -2.26. The lowest BCUT2D eigenvalue weighted by Crippen LogP contribution is -2.23. The molecule has 1 fully saturated rings. The van der Waals surface area contributed by atoms with Crippen LogP contribution in [-0.2, 0) is 6.54 Å². The molecule has 1 aliphatic heterocycles. The van der Waals surface area contributed by atoms with Crippen molar-refractivity contribution in [2.45, 2.75) is 25.4 Å². The molecule has 4 nitrogen and oxygen atoms in total. The van der Waals surface area contributed by atoms with E-state index in [4.69, 9.17) is 14.2 Å². The molecule has 0 N–H and O–H groups in total. The average molecular weight is 327 g/mol. The molecule has 128 valence electrons. The maximum atomic E-state index is 5.61. The van der Waals surface area contributed by atoms with Gasteiger partial charge in [-0.05, 0) is 43.1 Å². The monoisotopic (exact) mass is 327 g/mol. The van der Waals surface area contributed by atoms with E-state index >= 15 is 0 Å². The van der Waals surface area contributed by atoms with Gasteiger partial charge in [0.25, 0.3) is 0 Å². The van der Waals surface area contributed by atoms with Crippen LogP contribution in [0.4, 0.5) is 0 Å². The molecule has 1 aliphatic rings. The van der Waals surface area contributed by atoms with Crippen LogP contribution in [0, 0.1) is 0 Å². The van der Waals surface area contributed by atoms with E-state index in [1.54, 1.807) is 21.3 Å². The Labute approximate surface area is 144 Å². The molecule has 0 spiro atoms. The largest absolute Gasteiger partial charge is 0.497 e. The molecular weight excluding hydrogens is 302 g/mol. The smallest absolute Gasteiger partial charge is 0.127 e. The molecule has 0 aromatic heterocycles. The van der Waals surface area contributed by atoms with Crippen molar-refractivity contribution in [2.75, 3.05) is 27.9 Å². The number of nitrogens with zero attached hydrogens (tertiary/aromatic N) is 1. The third-order valence-corrected chi connectivity index (χ3v) is 4.71. The first kappa shape index (κ1) is 16.7. The Bertz CT molecular complexity index is 669. The van der Waals surface area contributed by atoms with Crippen LogP contribution < -0.4 is 14.2 Å². The van der Waals surface area contributed by atoms with Gasteiger partial charge < -0.3 is 14.2 Å². The van der Waals surface area contributed by atoms with Crippen LogP contribution in [0.3, 0.4) is 0 Å². The summed E-state index contributed by atoms with van der Waals surface area (Å²) in [4.78, 5) is 2.52. The Morgan fingerprint density at radius 3 is 2.29 bits per heavy atom. The standard InChI is InChI=1S/C20H25NO3/c1-22-16-8-6-15(7-9-16)14-21-12-4-5-19(21)18-11-10-17(23-2)13-20(18)24-3/h6-11,13,19H,4-5,12,14H2,1-3H3. The third-order valence-electron chi connectivity index (χ3n) is 4.71. The number of hydrogen-bond acceptors (Lipinski definition) is 4. The maximum absolute atomic E-state index is 5.61. The molecule has 0 amide bonds. The number of benzene rings is 2. The lowest BCUT2D eigenvalue weighted by atomic mass is 10.0. The average Bonchev–Trinajstić information content (AvgIpc) is 3.09. The first-order chi connectivity index (χ1) is 11.7. The van der Waals surface area contributed by atoms with Gasteiger partial charge in [0.1, 0.15) is 17.2 Å². The highest BCUT2D eigenvalue weighted by Crippen LogP contribution is 2.39. The van der Waals surface area contributed by atoms with Crippen LogP contribution in [0.2, 0.25) is 0 Å². The number of methoxy groups -OCH3 is 3. The molecule has 2 aromatic rings. The molecule has 24 heavy (non-hydrogen) atoms. The van der Waals surface area contributed by atoms with Crippen LogP contribution in [0.1, 0.15) is 30.0 Å². The zero-order valence-corrected chi connectivity index (χ0v) is 14.6. The van der Waals surface area contributed by atoms with Gasteiger partial charge in [-0.2, -0.15) is 0 Å². The van der Waals surface area contributed by atoms with Gasteiger partial charge in [-0.3, -0.25) is 4.90 Å². The molecular formula is C20H25NO3. The van der Waals surface area contributed by atoms with E-state index in [0.29, 0.717) is 6.04 Å². The Morgan fingerprint density at radius 2 is 1.62 bits per heavy atom. The first-order valence-corrected chi connectivity index (χ1v) is 8.34. The minimum Gasteiger partial charge on any atom is -0.497 e. The number of rotatable bonds is 6. The fourth-order valence-electron chi connectivity index (χ4n) is 3.43. The number of ether oxygens (including phenoxy) is 3. The Balaban J connectivity index is 1.79. The van der Waals surface area contributed by atoms with Gasteiger partial charge in [-0.15, -0.1) is 0 Å². The molecule has 0 aliphatic carbocycles. The van der Waals surface area contributed by atoms with Gasteiger partial charge in [0.2, 0.25) is 0 Å². The molecule has 3 rings (SSSR count). The van der Waals surface area contributed by atoms with Gasteiger partial charge in [-0.1, -0.05) is 18.2 Å². The van der Waals surface area contributed by atoms with E-state index in [-0.39, 0.29) is 0 Å². The summed E-state index contributed by atoms with van der Waals surface area (Å²) in [6.45, 7) is 2.04. The highest BCUT2D eigenvalue weighted by molar-refractivity contribution is 5.43. The SMILES string of the molecule is COc1ccc(CN2CCCC2c2ccc(OC)cc2OC)cc1. The summed E-state index contributed by atoms with van der Waals surface area (Å²) in [5.74, 6) is 2.63. The quantitative estimate of drug-likeness (QED) is 0.801. The van der Waals surface area contributed by atoms with E-state index < -0.39 is 0 Å². The van der Waals surface area contributed by atoms with E-state index in [1.165, 1.54) is 17.5 Å². The van der Waals surface area contributed by atoms with Crippen molar-refractivity contribution < 1.29 is 14.2 Å². The highest BCUT2D eigenvalue weighted by atomic mass is 16.5. The summed E-state index contributed by atoms with van der Waals surface area (Å²) in [5.41, 5.74) is 2.54. The molecule has 4 heteroatoms. The number of hydrogen-bond donors (Lipinski definition) is 0. The fourth-order valence-corrected chi connectivity index (χ4v) is 3.43. The summed E-state index contributed by atoms with van der Waals surface area (Å²) in [5, 5.41) is 0. The second-order valence-corrected chi connectivity index (χ2v) is 6.08. The van der Waals surface area contributed by atoms with Crippen LogP contribution >= 0.6 is 0 Å². The minimum atomic E-state index is 0.382. The van der Waals surface area contributed by atoms with Crippen molar-refractivity contribution in [3.8, 4) is 17.2 Å². The van der Waals surface area contributed by atoms with Crippen molar-refractivity contribution >= 4 is 0 Å². The molecule has 1 heterocycles. The Kier molecular flexibility index (Phi) is 5.26. The van der Waals surface area contributed by atoms with E-state index in [0.717, 1.165) is 36.8 Å². The molecule has 2 aromatic carbocycles. The van der Waals surface area contributed by atoms with Crippen molar-refractivity contribution in [3.63, 3.8) is 0 Å². The van der Waals surface area contributed by atoms with Crippen molar-refractivity contribution in [3.05, 3.63) is 53.6 Å². The summed E-state index contributed by atoms with van der Waals surface area (Å²) in [6, 6.07) is 14.8. The van der Waals surface area contributed by atoms with E-state index in [1.807, 2.05) is 24.3 Å². The summed E-state index contributed by atoms with van der Waals surface area (Å²) in [6.07, 6.45) is 2.36. The van der Waals surface area contributed by atoms with Gasteiger partial charge in [0, 0.05) is 24.2 Å². The van der Waals surface area contributed by atoms with Crippen LogP contribution in [-0.4, -0.2) is 32.8 Å².